The van der Waals surface area contributed by atoms with Gasteiger partial charge in [0.1, 0.15) is 4.87 Å². The second kappa shape index (κ2) is 4.61. The summed E-state index contributed by atoms with van der Waals surface area (Å²) in [6, 6.07) is 0. The Bertz CT molecular complexity index is 277. The SMILES string of the molecule is CCOC(=O)CCC1(N)SC=CC1=O. The molecule has 1 aliphatic rings. The average Bonchev–Trinajstić information content (AvgIpc) is 2.46. The molecule has 4 nitrogen and oxygen atoms in total. The summed E-state index contributed by atoms with van der Waals surface area (Å²) in [6.07, 6.45) is 1.95. The van der Waals surface area contributed by atoms with Gasteiger partial charge in [0, 0.05) is 6.42 Å². The van der Waals surface area contributed by atoms with E-state index >= 15 is 0 Å². The number of carbonyl (C=O) groups excluding carboxylic acids is 2. The molecular formula is C9H13NO3S. The fourth-order valence-corrected chi connectivity index (χ4v) is 1.96. The van der Waals surface area contributed by atoms with E-state index in [1.165, 1.54) is 17.8 Å². The van der Waals surface area contributed by atoms with Gasteiger partial charge in [-0.1, -0.05) is 0 Å². The molecule has 0 spiro atoms. The first-order valence-electron chi connectivity index (χ1n) is 4.42. The Labute approximate surface area is 86.9 Å². The van der Waals surface area contributed by atoms with Gasteiger partial charge in [-0.2, -0.15) is 0 Å². The standard InChI is InChI=1S/C9H13NO3S/c1-2-13-8(12)3-5-9(10)7(11)4-6-14-9/h4,6H,2-3,5,10H2,1H3. The van der Waals surface area contributed by atoms with Gasteiger partial charge < -0.3 is 10.5 Å². The molecule has 0 aromatic heterocycles. The number of ketones is 1. The number of hydrogen-bond acceptors (Lipinski definition) is 5. The summed E-state index contributed by atoms with van der Waals surface area (Å²) in [5.74, 6) is -0.440. The first-order valence-corrected chi connectivity index (χ1v) is 5.30. The highest BCUT2D eigenvalue weighted by atomic mass is 32.2. The lowest BCUT2D eigenvalue weighted by Gasteiger charge is -2.19. The molecule has 0 aliphatic carbocycles. The summed E-state index contributed by atoms with van der Waals surface area (Å²) in [5.41, 5.74) is 5.79. The summed E-state index contributed by atoms with van der Waals surface area (Å²) >= 11 is 1.25. The van der Waals surface area contributed by atoms with Crippen molar-refractivity contribution in [2.24, 2.45) is 5.73 Å². The molecule has 0 aromatic rings. The minimum absolute atomic E-state index is 0.133. The molecule has 78 valence electrons. The minimum Gasteiger partial charge on any atom is -0.466 e. The van der Waals surface area contributed by atoms with Crippen LogP contribution in [0.1, 0.15) is 19.8 Å². The van der Waals surface area contributed by atoms with E-state index in [-0.39, 0.29) is 18.2 Å². The Hall–Kier alpha value is -0.810. The molecule has 0 radical (unpaired) electrons. The van der Waals surface area contributed by atoms with Crippen molar-refractivity contribution in [1.29, 1.82) is 0 Å². The van der Waals surface area contributed by atoms with Gasteiger partial charge in [0.05, 0.1) is 6.61 Å². The van der Waals surface area contributed by atoms with Gasteiger partial charge >= 0.3 is 5.97 Å². The molecule has 1 rings (SSSR count). The molecule has 0 saturated heterocycles. The summed E-state index contributed by atoms with van der Waals surface area (Å²) in [4.78, 5) is 21.4. The van der Waals surface area contributed by atoms with E-state index in [0.717, 1.165) is 0 Å². The van der Waals surface area contributed by atoms with Crippen molar-refractivity contribution >= 4 is 23.5 Å². The Morgan fingerprint density at radius 2 is 2.43 bits per heavy atom. The Morgan fingerprint density at radius 1 is 1.71 bits per heavy atom. The molecule has 0 aromatic carbocycles. The highest BCUT2D eigenvalue weighted by molar-refractivity contribution is 8.04. The number of esters is 1. The number of hydrogen-bond donors (Lipinski definition) is 1. The molecule has 0 amide bonds. The van der Waals surface area contributed by atoms with E-state index in [9.17, 15) is 9.59 Å². The molecule has 0 bridgehead atoms. The van der Waals surface area contributed by atoms with Gasteiger partial charge in [-0.05, 0) is 24.8 Å². The number of nitrogens with two attached hydrogens (primary N) is 1. The molecule has 1 unspecified atom stereocenters. The molecule has 14 heavy (non-hydrogen) atoms. The van der Waals surface area contributed by atoms with Crippen LogP contribution in [0.5, 0.6) is 0 Å². The maximum atomic E-state index is 11.3. The third-order valence-corrected chi connectivity index (χ3v) is 3.02. The third-order valence-electron chi connectivity index (χ3n) is 1.92. The second-order valence-electron chi connectivity index (χ2n) is 2.98. The van der Waals surface area contributed by atoms with Crippen molar-refractivity contribution in [3.63, 3.8) is 0 Å². The van der Waals surface area contributed by atoms with E-state index in [0.29, 0.717) is 13.0 Å². The fourth-order valence-electron chi connectivity index (χ4n) is 1.12. The van der Waals surface area contributed by atoms with Gasteiger partial charge in [0.2, 0.25) is 0 Å². The highest BCUT2D eigenvalue weighted by Crippen LogP contribution is 2.32. The zero-order valence-corrected chi connectivity index (χ0v) is 8.80. The monoisotopic (exact) mass is 215 g/mol. The third kappa shape index (κ3) is 2.59. The predicted octanol–water partition coefficient (Wildman–Crippen LogP) is 0.814. The number of carbonyl (C=O) groups is 2. The predicted molar refractivity (Wildman–Crippen MR) is 54.5 cm³/mol. The van der Waals surface area contributed by atoms with Crippen LogP contribution in [0.3, 0.4) is 0 Å². The summed E-state index contributed by atoms with van der Waals surface area (Å²) in [7, 11) is 0. The van der Waals surface area contributed by atoms with Crippen LogP contribution in [0.4, 0.5) is 0 Å². The van der Waals surface area contributed by atoms with Crippen molar-refractivity contribution in [1.82, 2.24) is 0 Å². The van der Waals surface area contributed by atoms with E-state index < -0.39 is 4.87 Å². The van der Waals surface area contributed by atoms with Crippen LogP contribution in [-0.4, -0.2) is 23.2 Å². The van der Waals surface area contributed by atoms with Crippen LogP contribution in [-0.2, 0) is 14.3 Å². The lowest BCUT2D eigenvalue weighted by Crippen LogP contribution is -2.41. The van der Waals surface area contributed by atoms with E-state index in [2.05, 4.69) is 0 Å². The molecule has 1 heterocycles. The molecule has 0 fully saturated rings. The number of thioether (sulfide) groups is 1. The topological polar surface area (TPSA) is 69.4 Å². The first-order chi connectivity index (χ1) is 6.58. The second-order valence-corrected chi connectivity index (χ2v) is 4.22. The summed E-state index contributed by atoms with van der Waals surface area (Å²) < 4.78 is 4.75. The smallest absolute Gasteiger partial charge is 0.305 e. The van der Waals surface area contributed by atoms with Gasteiger partial charge in [0.15, 0.2) is 5.78 Å². The van der Waals surface area contributed by atoms with E-state index in [1.807, 2.05) is 0 Å². The zero-order chi connectivity index (χ0) is 10.6. The van der Waals surface area contributed by atoms with Crippen molar-refractivity contribution < 1.29 is 14.3 Å². The fraction of sp³-hybridized carbons (Fsp3) is 0.556. The molecule has 0 saturated carbocycles. The molecule has 1 aliphatic heterocycles. The van der Waals surface area contributed by atoms with Gasteiger partial charge in [0.25, 0.3) is 0 Å². The summed E-state index contributed by atoms with van der Waals surface area (Å²) in [5, 5.41) is 1.66. The normalized spacial score (nSPS) is 25.4. The number of rotatable bonds is 4. The van der Waals surface area contributed by atoms with Crippen molar-refractivity contribution in [3.8, 4) is 0 Å². The molecule has 2 N–H and O–H groups in total. The maximum Gasteiger partial charge on any atom is 0.305 e. The van der Waals surface area contributed by atoms with Crippen LogP contribution in [0.25, 0.3) is 0 Å². The van der Waals surface area contributed by atoms with Crippen LogP contribution in [0.15, 0.2) is 11.5 Å². The van der Waals surface area contributed by atoms with Gasteiger partial charge in [-0.15, -0.1) is 11.8 Å². The van der Waals surface area contributed by atoms with Crippen molar-refractivity contribution in [2.45, 2.75) is 24.6 Å². The lowest BCUT2D eigenvalue weighted by atomic mass is 10.1. The summed E-state index contributed by atoms with van der Waals surface area (Å²) in [6.45, 7) is 2.10. The molecule has 1 atom stereocenters. The van der Waals surface area contributed by atoms with Gasteiger partial charge in [-0.3, -0.25) is 9.59 Å². The molecule has 5 heteroatoms. The lowest BCUT2D eigenvalue weighted by molar-refractivity contribution is -0.143. The van der Waals surface area contributed by atoms with E-state index in [1.54, 1.807) is 12.3 Å². The highest BCUT2D eigenvalue weighted by Gasteiger charge is 2.36. The zero-order valence-electron chi connectivity index (χ0n) is 7.99. The van der Waals surface area contributed by atoms with Crippen molar-refractivity contribution in [2.75, 3.05) is 6.61 Å². The quantitative estimate of drug-likeness (QED) is 0.703. The van der Waals surface area contributed by atoms with Gasteiger partial charge in [-0.25, -0.2) is 0 Å². The van der Waals surface area contributed by atoms with Crippen molar-refractivity contribution in [3.05, 3.63) is 11.5 Å². The van der Waals surface area contributed by atoms with E-state index in [4.69, 9.17) is 10.5 Å². The van der Waals surface area contributed by atoms with Crippen LogP contribution < -0.4 is 5.73 Å². The van der Waals surface area contributed by atoms with Crippen LogP contribution in [0, 0.1) is 0 Å². The minimum atomic E-state index is -0.952. The average molecular weight is 215 g/mol. The number of ether oxygens (including phenoxy) is 1. The van der Waals surface area contributed by atoms with Crippen LogP contribution >= 0.6 is 11.8 Å². The first kappa shape index (κ1) is 11.3. The maximum absolute atomic E-state index is 11.3. The Morgan fingerprint density at radius 3 is 2.93 bits per heavy atom. The largest absolute Gasteiger partial charge is 0.466 e. The Kier molecular flexibility index (Phi) is 3.71. The Balaban J connectivity index is 2.38. The molecular weight excluding hydrogens is 202 g/mol. The van der Waals surface area contributed by atoms with Crippen LogP contribution in [0.2, 0.25) is 0 Å².